The zero-order chi connectivity index (χ0) is 19.6. The number of hydrogen-bond donors (Lipinski definition) is 0. The van der Waals surface area contributed by atoms with E-state index in [0.29, 0.717) is 6.10 Å². The van der Waals surface area contributed by atoms with E-state index in [0.717, 1.165) is 55.3 Å². The molecule has 0 N–H and O–H groups in total. The van der Waals surface area contributed by atoms with Crippen molar-refractivity contribution in [3.8, 4) is 0 Å². The SMILES string of the molecule is CO[C@H]1CC[C@H](C2CCC([C@H]3CC[C@H](/C=C/CCCCCF)CC3)CC2)CC1. The Morgan fingerprint density at radius 3 is 1.68 bits per heavy atom. The summed E-state index contributed by atoms with van der Waals surface area (Å²) in [4.78, 5) is 0. The molecule has 3 aliphatic rings. The van der Waals surface area contributed by atoms with Crippen LogP contribution in [0.2, 0.25) is 0 Å². The molecule has 0 aromatic heterocycles. The number of hydrogen-bond acceptors (Lipinski definition) is 1. The van der Waals surface area contributed by atoms with E-state index in [1.807, 2.05) is 7.11 Å². The topological polar surface area (TPSA) is 9.23 Å². The van der Waals surface area contributed by atoms with Gasteiger partial charge in [-0.1, -0.05) is 18.6 Å². The maximum atomic E-state index is 12.1. The number of alkyl halides is 1. The minimum Gasteiger partial charge on any atom is -0.381 e. The van der Waals surface area contributed by atoms with Crippen molar-refractivity contribution in [3.05, 3.63) is 12.2 Å². The standard InChI is InChI=1S/C26H45FO/c1-28-26-18-16-25(17-19-26)24-14-12-23(13-15-24)22-10-8-21(9-11-22)7-5-3-2-4-6-20-27/h5,7,21-26H,2-4,6,8-20H2,1H3/b7-5+/t21-,22-,23?,24?,25-,26-. The van der Waals surface area contributed by atoms with Crippen LogP contribution in [-0.2, 0) is 4.74 Å². The number of halogens is 1. The number of unbranched alkanes of at least 4 members (excludes halogenated alkanes) is 3. The van der Waals surface area contributed by atoms with E-state index < -0.39 is 0 Å². The molecule has 0 spiro atoms. The van der Waals surface area contributed by atoms with Crippen LogP contribution in [0.15, 0.2) is 12.2 Å². The molecule has 0 amide bonds. The van der Waals surface area contributed by atoms with Crippen molar-refractivity contribution in [2.45, 2.75) is 109 Å². The highest BCUT2D eigenvalue weighted by Crippen LogP contribution is 2.45. The summed E-state index contributed by atoms with van der Waals surface area (Å²) < 4.78 is 17.7. The normalized spacial score (nSPS) is 37.4. The first-order chi connectivity index (χ1) is 13.8. The number of rotatable bonds is 9. The number of methoxy groups -OCH3 is 1. The van der Waals surface area contributed by atoms with Crippen LogP contribution in [0, 0.1) is 29.6 Å². The van der Waals surface area contributed by atoms with Crippen LogP contribution < -0.4 is 0 Å². The van der Waals surface area contributed by atoms with Crippen LogP contribution in [0.3, 0.4) is 0 Å². The summed E-state index contributed by atoms with van der Waals surface area (Å²) in [6, 6.07) is 0. The van der Waals surface area contributed by atoms with Gasteiger partial charge in [0.15, 0.2) is 0 Å². The largest absolute Gasteiger partial charge is 0.381 e. The second-order valence-electron chi connectivity index (χ2n) is 10.1. The van der Waals surface area contributed by atoms with Gasteiger partial charge in [0.25, 0.3) is 0 Å². The summed E-state index contributed by atoms with van der Waals surface area (Å²) in [7, 11) is 1.88. The lowest BCUT2D eigenvalue weighted by molar-refractivity contribution is 0.0359. The first-order valence-electron chi connectivity index (χ1n) is 12.6. The van der Waals surface area contributed by atoms with Gasteiger partial charge in [-0.25, -0.2) is 0 Å². The average Bonchev–Trinajstić information content (AvgIpc) is 2.77. The van der Waals surface area contributed by atoms with Crippen molar-refractivity contribution in [1.29, 1.82) is 0 Å². The molecule has 0 aliphatic heterocycles. The van der Waals surface area contributed by atoms with Crippen molar-refractivity contribution in [1.82, 2.24) is 0 Å². The minimum absolute atomic E-state index is 0.148. The molecule has 0 saturated heterocycles. The Morgan fingerprint density at radius 2 is 1.18 bits per heavy atom. The zero-order valence-electron chi connectivity index (χ0n) is 18.4. The fraction of sp³-hybridized carbons (Fsp3) is 0.923. The second-order valence-corrected chi connectivity index (χ2v) is 10.1. The molecule has 0 bridgehead atoms. The molecule has 3 fully saturated rings. The first kappa shape index (κ1) is 22.3. The van der Waals surface area contributed by atoms with Crippen molar-refractivity contribution in [2.24, 2.45) is 29.6 Å². The van der Waals surface area contributed by atoms with Gasteiger partial charge in [0, 0.05) is 7.11 Å². The van der Waals surface area contributed by atoms with Gasteiger partial charge < -0.3 is 4.74 Å². The van der Waals surface area contributed by atoms with E-state index in [2.05, 4.69) is 12.2 Å². The monoisotopic (exact) mass is 392 g/mol. The molecular weight excluding hydrogens is 347 g/mol. The quantitative estimate of drug-likeness (QED) is 0.286. The Balaban J connectivity index is 1.29. The van der Waals surface area contributed by atoms with E-state index in [9.17, 15) is 4.39 Å². The Morgan fingerprint density at radius 1 is 0.679 bits per heavy atom. The predicted octanol–water partition coefficient (Wildman–Crippen LogP) is 7.89. The smallest absolute Gasteiger partial charge is 0.0894 e. The van der Waals surface area contributed by atoms with E-state index in [-0.39, 0.29) is 6.67 Å². The van der Waals surface area contributed by atoms with Gasteiger partial charge >= 0.3 is 0 Å². The van der Waals surface area contributed by atoms with Crippen molar-refractivity contribution in [3.63, 3.8) is 0 Å². The van der Waals surface area contributed by atoms with Gasteiger partial charge in [0.05, 0.1) is 12.8 Å². The Bertz CT molecular complexity index is 424. The first-order valence-corrected chi connectivity index (χ1v) is 12.6. The predicted molar refractivity (Wildman–Crippen MR) is 117 cm³/mol. The van der Waals surface area contributed by atoms with Gasteiger partial charge in [-0.05, 0) is 126 Å². The molecule has 0 aromatic rings. The Kier molecular flexibility index (Phi) is 9.85. The van der Waals surface area contributed by atoms with Gasteiger partial charge in [-0.15, -0.1) is 0 Å². The molecule has 28 heavy (non-hydrogen) atoms. The van der Waals surface area contributed by atoms with E-state index >= 15 is 0 Å². The van der Waals surface area contributed by atoms with Gasteiger partial charge in [0.2, 0.25) is 0 Å². The molecule has 162 valence electrons. The molecule has 0 atom stereocenters. The Hall–Kier alpha value is -0.370. The molecule has 0 heterocycles. The van der Waals surface area contributed by atoms with Crippen molar-refractivity contribution < 1.29 is 9.13 Å². The third kappa shape index (κ3) is 6.85. The number of ether oxygens (including phenoxy) is 1. The highest BCUT2D eigenvalue weighted by Gasteiger charge is 2.34. The summed E-state index contributed by atoms with van der Waals surface area (Å²) in [5.41, 5.74) is 0. The average molecular weight is 393 g/mol. The van der Waals surface area contributed by atoms with E-state index in [4.69, 9.17) is 4.74 Å². The summed E-state index contributed by atoms with van der Waals surface area (Å²) >= 11 is 0. The lowest BCUT2D eigenvalue weighted by Gasteiger charge is -2.41. The van der Waals surface area contributed by atoms with E-state index in [1.54, 1.807) is 0 Å². The minimum atomic E-state index is -0.148. The molecule has 2 heteroatoms. The zero-order valence-corrected chi connectivity index (χ0v) is 18.4. The highest BCUT2D eigenvalue weighted by atomic mass is 19.1. The molecule has 1 nitrogen and oxygen atoms in total. The fourth-order valence-corrected chi connectivity index (χ4v) is 6.51. The van der Waals surface area contributed by atoms with Crippen molar-refractivity contribution >= 4 is 0 Å². The van der Waals surface area contributed by atoms with Crippen LogP contribution >= 0.6 is 0 Å². The summed E-state index contributed by atoms with van der Waals surface area (Å²) in [6.45, 7) is -0.148. The fourth-order valence-electron chi connectivity index (χ4n) is 6.51. The lowest BCUT2D eigenvalue weighted by atomic mass is 9.65. The number of allylic oxidation sites excluding steroid dienone is 2. The molecule has 0 radical (unpaired) electrons. The highest BCUT2D eigenvalue weighted by molar-refractivity contribution is 4.93. The lowest BCUT2D eigenvalue weighted by Crippen LogP contribution is -2.30. The van der Waals surface area contributed by atoms with Crippen LogP contribution in [0.4, 0.5) is 4.39 Å². The maximum Gasteiger partial charge on any atom is 0.0894 e. The molecule has 3 saturated carbocycles. The molecule has 3 aliphatic carbocycles. The summed E-state index contributed by atoms with van der Waals surface area (Å²) in [6.07, 6.45) is 26.7. The maximum absolute atomic E-state index is 12.1. The van der Waals surface area contributed by atoms with Crippen LogP contribution in [-0.4, -0.2) is 19.9 Å². The summed E-state index contributed by atoms with van der Waals surface area (Å²) in [5, 5.41) is 0. The second kappa shape index (κ2) is 12.4. The third-order valence-electron chi connectivity index (χ3n) is 8.43. The third-order valence-corrected chi connectivity index (χ3v) is 8.43. The van der Waals surface area contributed by atoms with Gasteiger partial charge in [-0.3, -0.25) is 4.39 Å². The van der Waals surface area contributed by atoms with Crippen LogP contribution in [0.1, 0.15) is 103 Å². The van der Waals surface area contributed by atoms with Gasteiger partial charge in [-0.2, -0.15) is 0 Å². The van der Waals surface area contributed by atoms with E-state index in [1.165, 1.54) is 77.0 Å². The van der Waals surface area contributed by atoms with Crippen LogP contribution in [0.5, 0.6) is 0 Å². The molecule has 0 unspecified atom stereocenters. The van der Waals surface area contributed by atoms with Crippen LogP contribution in [0.25, 0.3) is 0 Å². The van der Waals surface area contributed by atoms with Crippen molar-refractivity contribution in [2.75, 3.05) is 13.8 Å². The summed E-state index contributed by atoms with van der Waals surface area (Å²) in [5.74, 6) is 4.88. The van der Waals surface area contributed by atoms with Gasteiger partial charge in [0.1, 0.15) is 0 Å². The molecule has 3 rings (SSSR count). The molecular formula is C26H45FO. The molecule has 0 aromatic carbocycles. The Labute approximate surface area is 173 Å².